The van der Waals surface area contributed by atoms with Gasteiger partial charge in [0.15, 0.2) is 0 Å². The molecule has 2 rings (SSSR count). The van der Waals surface area contributed by atoms with Gasteiger partial charge in [0.25, 0.3) is 0 Å². The Kier molecular flexibility index (Phi) is 4.77. The van der Waals surface area contributed by atoms with Crippen LogP contribution in [0.25, 0.3) is 0 Å². The molecule has 0 aliphatic rings. The second-order valence-electron chi connectivity index (χ2n) is 6.42. The molecule has 0 radical (unpaired) electrons. The second-order valence-corrected chi connectivity index (χ2v) is 6.42. The Hall–Kier alpha value is -1.69. The molecule has 0 saturated carbocycles. The Morgan fingerprint density at radius 1 is 1.19 bits per heavy atom. The Balaban J connectivity index is 2.08. The van der Waals surface area contributed by atoms with Crippen LogP contribution in [0, 0.1) is 6.92 Å². The predicted octanol–water partition coefficient (Wildman–Crippen LogP) is 2.13. The Morgan fingerprint density at radius 2 is 1.95 bits per heavy atom. The van der Waals surface area contributed by atoms with Gasteiger partial charge in [0.2, 0.25) is 0 Å². The molecule has 0 saturated heterocycles. The van der Waals surface area contributed by atoms with Crippen molar-refractivity contribution in [2.75, 3.05) is 0 Å². The van der Waals surface area contributed by atoms with Crippen molar-refractivity contribution in [2.45, 2.75) is 66.2 Å². The van der Waals surface area contributed by atoms with Crippen molar-refractivity contribution in [3.8, 4) is 0 Å². The van der Waals surface area contributed by atoms with E-state index in [1.807, 2.05) is 15.6 Å². The largest absolute Gasteiger partial charge is 0.308 e. The van der Waals surface area contributed by atoms with Crippen LogP contribution in [0.15, 0.2) is 12.5 Å². The SMILES string of the molecule is CCCn1ncnc1Cn1ncc(CNC(C)(C)C)c1C. The highest BCUT2D eigenvalue weighted by atomic mass is 15.4. The molecule has 6 heteroatoms. The van der Waals surface area contributed by atoms with Gasteiger partial charge in [0.05, 0.1) is 6.20 Å². The van der Waals surface area contributed by atoms with Crippen molar-refractivity contribution in [3.05, 3.63) is 29.6 Å². The molecular weight excluding hydrogens is 264 g/mol. The summed E-state index contributed by atoms with van der Waals surface area (Å²) in [5.41, 5.74) is 2.51. The third-order valence-electron chi connectivity index (χ3n) is 3.44. The van der Waals surface area contributed by atoms with Crippen LogP contribution >= 0.6 is 0 Å². The Labute approximate surface area is 126 Å². The van der Waals surface area contributed by atoms with E-state index in [9.17, 15) is 0 Å². The van der Waals surface area contributed by atoms with Crippen LogP contribution in [0.3, 0.4) is 0 Å². The Bertz CT molecular complexity index is 575. The summed E-state index contributed by atoms with van der Waals surface area (Å²) in [6, 6.07) is 0. The summed E-state index contributed by atoms with van der Waals surface area (Å²) in [4.78, 5) is 4.34. The molecule has 0 atom stereocenters. The lowest BCUT2D eigenvalue weighted by molar-refractivity contribution is 0.423. The monoisotopic (exact) mass is 290 g/mol. The lowest BCUT2D eigenvalue weighted by Gasteiger charge is -2.20. The first kappa shape index (κ1) is 15.7. The highest BCUT2D eigenvalue weighted by Crippen LogP contribution is 2.11. The summed E-state index contributed by atoms with van der Waals surface area (Å²) in [6.07, 6.45) is 4.61. The number of hydrogen-bond acceptors (Lipinski definition) is 4. The van der Waals surface area contributed by atoms with Crippen LogP contribution in [-0.4, -0.2) is 30.1 Å². The topological polar surface area (TPSA) is 60.6 Å². The van der Waals surface area contributed by atoms with Crippen LogP contribution in [0.5, 0.6) is 0 Å². The van der Waals surface area contributed by atoms with Crippen LogP contribution in [0.2, 0.25) is 0 Å². The summed E-state index contributed by atoms with van der Waals surface area (Å²) in [5.74, 6) is 0.957. The van der Waals surface area contributed by atoms with Crippen LogP contribution in [0.1, 0.15) is 51.2 Å². The summed E-state index contributed by atoms with van der Waals surface area (Å²) in [7, 11) is 0. The highest BCUT2D eigenvalue weighted by molar-refractivity contribution is 5.16. The van der Waals surface area contributed by atoms with E-state index in [1.165, 1.54) is 11.3 Å². The summed E-state index contributed by atoms with van der Waals surface area (Å²) < 4.78 is 3.95. The molecular formula is C15H26N6. The molecule has 2 heterocycles. The molecule has 116 valence electrons. The zero-order valence-electron chi connectivity index (χ0n) is 13.7. The van der Waals surface area contributed by atoms with Gasteiger partial charge in [0.1, 0.15) is 18.7 Å². The molecule has 0 unspecified atom stereocenters. The predicted molar refractivity (Wildman–Crippen MR) is 83.0 cm³/mol. The van der Waals surface area contributed by atoms with E-state index in [1.54, 1.807) is 6.33 Å². The van der Waals surface area contributed by atoms with E-state index in [0.29, 0.717) is 6.54 Å². The summed E-state index contributed by atoms with van der Waals surface area (Å²) in [5, 5.41) is 12.2. The molecule has 0 aliphatic carbocycles. The third kappa shape index (κ3) is 4.14. The van der Waals surface area contributed by atoms with Crippen molar-refractivity contribution >= 4 is 0 Å². The first-order valence-electron chi connectivity index (χ1n) is 7.53. The van der Waals surface area contributed by atoms with Gasteiger partial charge in [0, 0.05) is 29.9 Å². The first-order valence-corrected chi connectivity index (χ1v) is 7.53. The van der Waals surface area contributed by atoms with Crippen molar-refractivity contribution in [1.82, 2.24) is 29.9 Å². The van der Waals surface area contributed by atoms with Crippen LogP contribution in [-0.2, 0) is 19.6 Å². The molecule has 2 aromatic rings. The number of aryl methyl sites for hydroxylation is 1. The standard InChI is InChI=1S/C15H26N6/c1-6-7-20-14(16-11-19-20)10-21-12(2)13(9-18-21)8-17-15(3,4)5/h9,11,17H,6-8,10H2,1-5H3. The van der Waals surface area contributed by atoms with E-state index in [-0.39, 0.29) is 5.54 Å². The average Bonchev–Trinajstić information content (AvgIpc) is 2.96. The molecule has 2 aromatic heterocycles. The normalized spacial score (nSPS) is 12.0. The van der Waals surface area contributed by atoms with Crippen molar-refractivity contribution in [3.63, 3.8) is 0 Å². The van der Waals surface area contributed by atoms with Gasteiger partial charge in [-0.1, -0.05) is 6.92 Å². The summed E-state index contributed by atoms with van der Waals surface area (Å²) in [6.45, 7) is 13.1. The van der Waals surface area contributed by atoms with Crippen LogP contribution < -0.4 is 5.32 Å². The fourth-order valence-corrected chi connectivity index (χ4v) is 2.12. The minimum absolute atomic E-state index is 0.107. The van der Waals surface area contributed by atoms with Crippen molar-refractivity contribution < 1.29 is 0 Å². The maximum Gasteiger partial charge on any atom is 0.148 e. The maximum absolute atomic E-state index is 4.49. The van der Waals surface area contributed by atoms with Crippen LogP contribution in [0.4, 0.5) is 0 Å². The zero-order chi connectivity index (χ0) is 15.5. The molecule has 1 N–H and O–H groups in total. The molecule has 0 fully saturated rings. The number of hydrogen-bond donors (Lipinski definition) is 1. The Morgan fingerprint density at radius 3 is 2.62 bits per heavy atom. The molecule has 0 amide bonds. The minimum Gasteiger partial charge on any atom is -0.308 e. The van der Waals surface area contributed by atoms with Gasteiger partial charge in [-0.3, -0.25) is 4.68 Å². The molecule has 0 spiro atoms. The molecule has 0 aromatic carbocycles. The molecule has 21 heavy (non-hydrogen) atoms. The first-order chi connectivity index (χ1) is 9.90. The van der Waals surface area contributed by atoms with Gasteiger partial charge in [-0.15, -0.1) is 0 Å². The number of aromatic nitrogens is 5. The van der Waals surface area contributed by atoms with E-state index in [2.05, 4.69) is 55.1 Å². The van der Waals surface area contributed by atoms with E-state index >= 15 is 0 Å². The fraction of sp³-hybridized carbons (Fsp3) is 0.667. The molecule has 0 bridgehead atoms. The number of nitrogens with zero attached hydrogens (tertiary/aromatic N) is 5. The third-order valence-corrected chi connectivity index (χ3v) is 3.44. The maximum atomic E-state index is 4.49. The van der Waals surface area contributed by atoms with Crippen molar-refractivity contribution in [2.24, 2.45) is 0 Å². The molecule has 0 aliphatic heterocycles. The zero-order valence-corrected chi connectivity index (χ0v) is 13.7. The highest BCUT2D eigenvalue weighted by Gasteiger charge is 2.13. The number of nitrogens with one attached hydrogen (secondary N) is 1. The molecule has 6 nitrogen and oxygen atoms in total. The fourth-order valence-electron chi connectivity index (χ4n) is 2.12. The quantitative estimate of drug-likeness (QED) is 0.885. The van der Waals surface area contributed by atoms with Crippen molar-refractivity contribution in [1.29, 1.82) is 0 Å². The average molecular weight is 290 g/mol. The van der Waals surface area contributed by atoms with E-state index < -0.39 is 0 Å². The van der Waals surface area contributed by atoms with Gasteiger partial charge in [-0.05, 0) is 34.1 Å². The summed E-state index contributed by atoms with van der Waals surface area (Å²) >= 11 is 0. The smallest absolute Gasteiger partial charge is 0.148 e. The second kappa shape index (κ2) is 6.39. The minimum atomic E-state index is 0.107. The van der Waals surface area contributed by atoms with E-state index in [0.717, 1.165) is 25.3 Å². The van der Waals surface area contributed by atoms with Gasteiger partial charge in [-0.2, -0.15) is 10.2 Å². The van der Waals surface area contributed by atoms with Gasteiger partial charge < -0.3 is 5.32 Å². The lowest BCUT2D eigenvalue weighted by atomic mass is 10.1. The lowest BCUT2D eigenvalue weighted by Crippen LogP contribution is -2.35. The van der Waals surface area contributed by atoms with E-state index in [4.69, 9.17) is 0 Å². The number of rotatable bonds is 6. The van der Waals surface area contributed by atoms with Gasteiger partial charge >= 0.3 is 0 Å². The van der Waals surface area contributed by atoms with Gasteiger partial charge in [-0.25, -0.2) is 9.67 Å².